The van der Waals surface area contributed by atoms with E-state index in [0.717, 1.165) is 108 Å². The van der Waals surface area contributed by atoms with Crippen molar-refractivity contribution in [1.82, 2.24) is 39.7 Å². The molecule has 0 saturated heterocycles. The Balaban J connectivity index is 0.000000465. The summed E-state index contributed by atoms with van der Waals surface area (Å²) in [5.41, 5.74) is 14.4. The van der Waals surface area contributed by atoms with Crippen molar-refractivity contribution in [3.05, 3.63) is 99.4 Å². The number of carbonyl (C=O) groups is 2. The van der Waals surface area contributed by atoms with Crippen LogP contribution >= 0.6 is 11.6 Å². The summed E-state index contributed by atoms with van der Waals surface area (Å²) < 4.78 is 22.1. The number of aliphatic hydroxyl groups is 1. The van der Waals surface area contributed by atoms with E-state index in [2.05, 4.69) is 73.2 Å². The van der Waals surface area contributed by atoms with Crippen LogP contribution < -0.4 is 11.1 Å². The lowest BCUT2D eigenvalue weighted by molar-refractivity contribution is -0.157. The molecule has 474 valence electrons. The van der Waals surface area contributed by atoms with Gasteiger partial charge in [-0.1, -0.05) is 26.5 Å². The minimum absolute atomic E-state index is 0. The topological polar surface area (TPSA) is 213 Å². The normalized spacial score (nSPS) is 14.5. The number of nitrogens with zero attached hydrogens (tertiary/aromatic N) is 8. The van der Waals surface area contributed by atoms with Crippen molar-refractivity contribution in [2.24, 2.45) is 5.73 Å². The number of fused-ring (bicyclic) bond motifs is 2. The Morgan fingerprint density at radius 2 is 1.05 bits per heavy atom. The summed E-state index contributed by atoms with van der Waals surface area (Å²) in [4.78, 5) is 55.9. The molecule has 0 spiro atoms. The Bertz CT molecular complexity index is 2430. The van der Waals surface area contributed by atoms with E-state index in [1.54, 1.807) is 52.9 Å². The van der Waals surface area contributed by atoms with E-state index in [1.165, 1.54) is 72.4 Å². The number of nitrogens with one attached hydrogen (secondary N) is 1. The molecular weight excluding hydrogens is 1080 g/mol. The number of pyridine rings is 2. The number of hydrogen-bond donors (Lipinski definition) is 3. The maximum absolute atomic E-state index is 13.0. The lowest BCUT2D eigenvalue weighted by Crippen LogP contribution is -2.41. The molecule has 6 rings (SSSR count). The molecule has 4 aromatic heterocycles. The predicted molar refractivity (Wildman–Crippen MR) is 342 cm³/mol. The molecule has 18 heteroatoms. The summed E-state index contributed by atoms with van der Waals surface area (Å²) in [6, 6.07) is 7.83. The van der Waals surface area contributed by atoms with Crippen LogP contribution in [0.25, 0.3) is 0 Å². The zero-order chi connectivity index (χ0) is 61.6. The molecule has 84 heavy (non-hydrogen) atoms. The van der Waals surface area contributed by atoms with Crippen molar-refractivity contribution in [2.75, 3.05) is 58.8 Å². The first-order chi connectivity index (χ1) is 39.1. The lowest BCUT2D eigenvalue weighted by atomic mass is 9.95. The van der Waals surface area contributed by atoms with Crippen LogP contribution in [0.1, 0.15) is 199 Å². The molecule has 0 radical (unpaired) electrons. The molecule has 4 N–H and O–H groups in total. The fraction of sp³-hybridized carbons (Fsp3) is 0.697. The van der Waals surface area contributed by atoms with Gasteiger partial charge in [-0.05, 0) is 251 Å². The molecule has 0 aromatic carbocycles. The molecule has 2 aliphatic rings. The van der Waals surface area contributed by atoms with Crippen molar-refractivity contribution >= 4 is 29.5 Å². The molecule has 0 amide bonds. The van der Waals surface area contributed by atoms with Crippen LogP contribution in [0.4, 0.5) is 5.95 Å². The van der Waals surface area contributed by atoms with Gasteiger partial charge in [0.05, 0.1) is 17.8 Å². The highest BCUT2D eigenvalue weighted by Crippen LogP contribution is 2.22. The van der Waals surface area contributed by atoms with Crippen LogP contribution in [0.2, 0.25) is 5.28 Å². The molecule has 4 aromatic rings. The van der Waals surface area contributed by atoms with Crippen LogP contribution in [-0.2, 0) is 67.1 Å². The van der Waals surface area contributed by atoms with E-state index in [9.17, 15) is 9.59 Å². The smallest absolute Gasteiger partial charge is 0.329 e. The van der Waals surface area contributed by atoms with Crippen molar-refractivity contribution in [3.8, 4) is 0 Å². The van der Waals surface area contributed by atoms with Gasteiger partial charge in [0, 0.05) is 88.0 Å². The first kappa shape index (κ1) is 75.3. The van der Waals surface area contributed by atoms with Gasteiger partial charge in [0.15, 0.2) is 0 Å². The summed E-state index contributed by atoms with van der Waals surface area (Å²) in [6.07, 6.45) is 25.1. The molecule has 0 bridgehead atoms. The zero-order valence-electron chi connectivity index (χ0n) is 53.6. The molecular formula is C66H111ClN10O7. The highest BCUT2D eigenvalue weighted by Gasteiger charge is 2.28. The van der Waals surface area contributed by atoms with Crippen LogP contribution in [0, 0.1) is 13.8 Å². The molecule has 0 fully saturated rings. The maximum Gasteiger partial charge on any atom is 0.329 e. The van der Waals surface area contributed by atoms with Gasteiger partial charge in [-0.2, -0.15) is 0 Å². The number of rotatable bonds is 27. The van der Waals surface area contributed by atoms with Gasteiger partial charge in [0.25, 0.3) is 0 Å². The van der Waals surface area contributed by atoms with Crippen LogP contribution in [0.5, 0.6) is 0 Å². The Labute approximate surface area is 512 Å². The average Bonchev–Trinajstić information content (AvgIpc) is 3.54. The fourth-order valence-corrected chi connectivity index (χ4v) is 9.13. The molecule has 0 saturated carbocycles. The monoisotopic (exact) mass is 1190 g/mol. The number of halogens is 1. The minimum Gasteiger partial charge on any atom is -0.459 e. The largest absolute Gasteiger partial charge is 0.459 e. The molecule has 2 aliphatic carbocycles. The van der Waals surface area contributed by atoms with E-state index in [1.807, 2.05) is 62.3 Å². The Hall–Kier alpha value is -4.75. The van der Waals surface area contributed by atoms with Crippen LogP contribution in [-0.4, -0.2) is 151 Å². The SMILES string of the molecule is C.CCC(C)(C)O.CO[C@H](C)CN(CCCCc1ccc2c(n1)CCCC2)CC[C@H](N)C(=O)OC(C)(C)C.CO[C@H](C)CN(CCCCc1ccc2c(n1)CCCC2)CC[C@H](Nc1ncc(C)cn1)C(=O)OC(C)(C)C.Cc1cnc(Cl)nc1. The van der Waals surface area contributed by atoms with Crippen molar-refractivity contribution in [1.29, 1.82) is 0 Å². The van der Waals surface area contributed by atoms with E-state index < -0.39 is 28.9 Å². The summed E-state index contributed by atoms with van der Waals surface area (Å²) in [7, 11) is 3.47. The second-order valence-electron chi connectivity index (χ2n) is 25.1. The third-order valence-corrected chi connectivity index (χ3v) is 14.4. The summed E-state index contributed by atoms with van der Waals surface area (Å²) in [5.74, 6) is -0.188. The maximum atomic E-state index is 13.0. The van der Waals surface area contributed by atoms with E-state index in [-0.39, 0.29) is 31.6 Å². The van der Waals surface area contributed by atoms with E-state index >= 15 is 0 Å². The zero-order valence-corrected chi connectivity index (χ0v) is 54.4. The van der Waals surface area contributed by atoms with Gasteiger partial charge in [-0.15, -0.1) is 0 Å². The number of carbonyl (C=O) groups excluding carboxylic acids is 2. The Morgan fingerprint density at radius 1 is 0.643 bits per heavy atom. The number of ether oxygens (including phenoxy) is 4. The van der Waals surface area contributed by atoms with Crippen molar-refractivity contribution < 1.29 is 33.6 Å². The first-order valence-electron chi connectivity index (χ1n) is 30.5. The fourth-order valence-electron chi connectivity index (χ4n) is 9.03. The number of esters is 2. The number of anilines is 1. The summed E-state index contributed by atoms with van der Waals surface area (Å²) >= 11 is 5.39. The van der Waals surface area contributed by atoms with Gasteiger partial charge in [-0.3, -0.25) is 14.8 Å². The first-order valence-corrected chi connectivity index (χ1v) is 30.9. The molecule has 0 aliphatic heterocycles. The van der Waals surface area contributed by atoms with E-state index in [4.69, 9.17) is 51.4 Å². The average molecular weight is 1190 g/mol. The number of unbranched alkanes of at least 4 members (excludes halogenated alkanes) is 2. The molecule has 4 atom stereocenters. The number of methoxy groups -OCH3 is 2. The highest BCUT2D eigenvalue weighted by molar-refractivity contribution is 6.28. The second kappa shape index (κ2) is 39.1. The molecule has 17 nitrogen and oxygen atoms in total. The van der Waals surface area contributed by atoms with Crippen molar-refractivity contribution in [2.45, 2.75) is 248 Å². The number of nitrogens with two attached hydrogens (primary N) is 1. The molecule has 4 heterocycles. The Morgan fingerprint density at radius 3 is 1.45 bits per heavy atom. The van der Waals surface area contributed by atoms with Gasteiger partial charge in [0.1, 0.15) is 23.3 Å². The highest BCUT2D eigenvalue weighted by atomic mass is 35.5. The molecule has 0 unspecified atom stereocenters. The van der Waals surface area contributed by atoms with Gasteiger partial charge >= 0.3 is 11.9 Å². The standard InChI is InChI=1S/C30H47N5O3.C25H43N3O3.C5H5ClN2.C5H12O.CH4/c1-22-19-31-29(32-20-22)34-27(28(36)38-30(3,4)5)16-18-35(21-23(2)37-6)17-10-9-12-25-15-14-24-11-7-8-13-26(24)33-25;1-19(30-5)18-28(17-15-22(26)24(29)31-25(2,3)4)16-9-8-11-21-14-13-20-10-6-7-12-23(20)27-21;1-4-2-7-5(6)8-3-4;1-4-5(2,3)6;/h14-15,19-20,23,27H,7-13,16-18,21H2,1-6H3,(H,31,32,34);13-14,19,22H,6-12,15-18,26H2,1-5H3;2-3H,1H3;6H,4H2,1-3H3;1H4/t23-,27+;19-,22+;;;/m11.../s1. The summed E-state index contributed by atoms with van der Waals surface area (Å²) in [5, 5.41) is 12.3. The second-order valence-corrected chi connectivity index (χ2v) is 25.4. The van der Waals surface area contributed by atoms with Crippen LogP contribution in [0.15, 0.2) is 49.1 Å². The number of hydrogen-bond acceptors (Lipinski definition) is 17. The Kier molecular flexibility index (Phi) is 35.1. The van der Waals surface area contributed by atoms with Crippen LogP contribution in [0.3, 0.4) is 0 Å². The quantitative estimate of drug-likeness (QED) is 0.0288. The summed E-state index contributed by atoms with van der Waals surface area (Å²) in [6.45, 7) is 29.8. The minimum atomic E-state index is -0.598. The number of aryl methyl sites for hydroxylation is 8. The van der Waals surface area contributed by atoms with Gasteiger partial charge in [0.2, 0.25) is 11.2 Å². The van der Waals surface area contributed by atoms with Gasteiger partial charge in [-0.25, -0.2) is 24.7 Å². The predicted octanol–water partition coefficient (Wildman–Crippen LogP) is 11.9. The lowest BCUT2D eigenvalue weighted by Gasteiger charge is -2.28. The number of aromatic nitrogens is 6. The van der Waals surface area contributed by atoms with Gasteiger partial charge < -0.3 is 44.9 Å². The van der Waals surface area contributed by atoms with E-state index in [0.29, 0.717) is 24.1 Å². The third kappa shape index (κ3) is 33.2. The van der Waals surface area contributed by atoms with Crippen molar-refractivity contribution in [3.63, 3.8) is 0 Å². The third-order valence-electron chi connectivity index (χ3n) is 14.2.